The highest BCUT2D eigenvalue weighted by Crippen LogP contribution is 2.25. The fourth-order valence-electron chi connectivity index (χ4n) is 1.75. The van der Waals surface area contributed by atoms with Gasteiger partial charge in [0.2, 0.25) is 0 Å². The summed E-state index contributed by atoms with van der Waals surface area (Å²) in [6.45, 7) is 3.09. The third-order valence-electron chi connectivity index (χ3n) is 3.09. The smallest absolute Gasteiger partial charge is 0.170 e. The number of thiocarbonyl (C=S) groups is 1. The molecule has 0 unspecified atom stereocenters. The van der Waals surface area contributed by atoms with E-state index in [1.807, 2.05) is 12.1 Å². The fourth-order valence-corrected chi connectivity index (χ4v) is 1.95. The molecule has 1 aromatic rings. The van der Waals surface area contributed by atoms with Crippen molar-refractivity contribution in [1.29, 1.82) is 0 Å². The summed E-state index contributed by atoms with van der Waals surface area (Å²) in [5.41, 5.74) is 2.32. The molecule has 1 saturated carbocycles. The number of benzene rings is 1. The summed E-state index contributed by atoms with van der Waals surface area (Å²) in [7, 11) is 0. The normalized spacial score (nSPS) is 15.3. The molecule has 0 radical (unpaired) electrons. The Labute approximate surface area is 102 Å². The molecule has 3 heteroatoms. The summed E-state index contributed by atoms with van der Waals surface area (Å²) in [6, 6.07) is 8.26. The number of aryl methyl sites for hydroxylation is 1. The van der Waals surface area contributed by atoms with Crippen molar-refractivity contribution in [2.45, 2.75) is 26.2 Å². The molecule has 0 aromatic heterocycles. The van der Waals surface area contributed by atoms with Gasteiger partial charge in [0.05, 0.1) is 0 Å². The maximum atomic E-state index is 5.24. The predicted octanol–water partition coefficient (Wildman–Crippen LogP) is 3.08. The summed E-state index contributed by atoms with van der Waals surface area (Å²) in [5.74, 6) is 0.831. The molecule has 0 heterocycles. The van der Waals surface area contributed by atoms with E-state index >= 15 is 0 Å². The first-order valence-corrected chi connectivity index (χ1v) is 6.26. The zero-order valence-electron chi connectivity index (χ0n) is 9.62. The van der Waals surface area contributed by atoms with Crippen molar-refractivity contribution in [3.05, 3.63) is 29.8 Å². The molecule has 2 rings (SSSR count). The van der Waals surface area contributed by atoms with Crippen molar-refractivity contribution in [2.24, 2.45) is 5.92 Å². The molecule has 2 nitrogen and oxygen atoms in total. The van der Waals surface area contributed by atoms with Crippen molar-refractivity contribution in [3.63, 3.8) is 0 Å². The molecule has 0 bridgehead atoms. The Morgan fingerprint density at radius 1 is 1.31 bits per heavy atom. The van der Waals surface area contributed by atoms with Crippen LogP contribution in [-0.2, 0) is 0 Å². The zero-order valence-corrected chi connectivity index (χ0v) is 10.4. The average molecular weight is 234 g/mol. The first-order valence-electron chi connectivity index (χ1n) is 5.85. The highest BCUT2D eigenvalue weighted by Gasteiger charge is 2.16. The molecular formula is C13H18N2S. The van der Waals surface area contributed by atoms with Gasteiger partial charge >= 0.3 is 0 Å². The van der Waals surface area contributed by atoms with Gasteiger partial charge in [0, 0.05) is 12.2 Å². The number of hydrogen-bond donors (Lipinski definition) is 2. The van der Waals surface area contributed by atoms with Gasteiger partial charge in [-0.1, -0.05) is 24.1 Å². The molecule has 1 aliphatic carbocycles. The fraction of sp³-hybridized carbons (Fsp3) is 0.462. The molecular weight excluding hydrogens is 216 g/mol. The molecule has 0 spiro atoms. The van der Waals surface area contributed by atoms with Crippen LogP contribution in [0, 0.1) is 12.8 Å². The van der Waals surface area contributed by atoms with Crippen LogP contribution in [0.15, 0.2) is 24.3 Å². The van der Waals surface area contributed by atoms with E-state index in [0.717, 1.165) is 23.3 Å². The topological polar surface area (TPSA) is 24.1 Å². The minimum absolute atomic E-state index is 0.732. The molecule has 16 heavy (non-hydrogen) atoms. The molecule has 1 fully saturated rings. The van der Waals surface area contributed by atoms with Crippen LogP contribution in [0.3, 0.4) is 0 Å². The Kier molecular flexibility index (Phi) is 3.78. The van der Waals surface area contributed by atoms with E-state index in [0.29, 0.717) is 0 Å². The molecule has 86 valence electrons. The van der Waals surface area contributed by atoms with Gasteiger partial charge in [-0.25, -0.2) is 0 Å². The van der Waals surface area contributed by atoms with Crippen LogP contribution in [-0.4, -0.2) is 11.7 Å². The maximum Gasteiger partial charge on any atom is 0.170 e. The van der Waals surface area contributed by atoms with Crippen LogP contribution in [0.1, 0.15) is 24.8 Å². The number of anilines is 1. The Balaban J connectivity index is 1.75. The van der Waals surface area contributed by atoms with Crippen molar-refractivity contribution >= 4 is 23.0 Å². The van der Waals surface area contributed by atoms with Gasteiger partial charge in [0.1, 0.15) is 0 Å². The van der Waals surface area contributed by atoms with Gasteiger partial charge in [0.15, 0.2) is 5.11 Å². The second kappa shape index (κ2) is 5.30. The summed E-state index contributed by atoms with van der Waals surface area (Å²) < 4.78 is 0. The lowest BCUT2D eigenvalue weighted by Crippen LogP contribution is -2.34. The molecule has 0 atom stereocenters. The third kappa shape index (κ3) is 3.20. The van der Waals surface area contributed by atoms with E-state index < -0.39 is 0 Å². The van der Waals surface area contributed by atoms with Crippen molar-refractivity contribution in [3.8, 4) is 0 Å². The lowest BCUT2D eigenvalue weighted by Gasteiger charge is -2.26. The van der Waals surface area contributed by atoms with E-state index in [-0.39, 0.29) is 0 Å². The van der Waals surface area contributed by atoms with Gasteiger partial charge in [-0.05, 0) is 50.0 Å². The van der Waals surface area contributed by atoms with E-state index in [2.05, 4.69) is 29.7 Å². The number of rotatable bonds is 3. The molecule has 0 saturated heterocycles. The van der Waals surface area contributed by atoms with Gasteiger partial charge in [-0.15, -0.1) is 0 Å². The lowest BCUT2D eigenvalue weighted by molar-refractivity contribution is 0.316. The van der Waals surface area contributed by atoms with Crippen LogP contribution in [0.4, 0.5) is 5.69 Å². The highest BCUT2D eigenvalue weighted by atomic mass is 32.1. The van der Waals surface area contributed by atoms with Crippen LogP contribution in [0.25, 0.3) is 0 Å². The van der Waals surface area contributed by atoms with Gasteiger partial charge in [-0.2, -0.15) is 0 Å². The van der Waals surface area contributed by atoms with Gasteiger partial charge < -0.3 is 10.6 Å². The maximum absolute atomic E-state index is 5.24. The van der Waals surface area contributed by atoms with E-state index in [1.165, 1.54) is 24.8 Å². The average Bonchev–Trinajstić information content (AvgIpc) is 2.19. The van der Waals surface area contributed by atoms with Gasteiger partial charge in [0.25, 0.3) is 0 Å². The van der Waals surface area contributed by atoms with E-state index in [9.17, 15) is 0 Å². The second-order valence-electron chi connectivity index (χ2n) is 4.50. The quantitative estimate of drug-likeness (QED) is 0.786. The van der Waals surface area contributed by atoms with E-state index in [4.69, 9.17) is 12.2 Å². The zero-order chi connectivity index (χ0) is 11.4. The van der Waals surface area contributed by atoms with Crippen LogP contribution >= 0.6 is 12.2 Å². The Morgan fingerprint density at radius 3 is 2.56 bits per heavy atom. The number of nitrogens with one attached hydrogen (secondary N) is 2. The minimum atomic E-state index is 0.732. The van der Waals surface area contributed by atoms with Crippen LogP contribution in [0.2, 0.25) is 0 Å². The minimum Gasteiger partial charge on any atom is -0.362 e. The van der Waals surface area contributed by atoms with E-state index in [1.54, 1.807) is 0 Å². The number of hydrogen-bond acceptors (Lipinski definition) is 1. The standard InChI is InChI=1S/C13H18N2S/c1-10-5-7-12(8-6-10)15-13(16)14-9-11-3-2-4-11/h5-8,11H,2-4,9H2,1H3,(H2,14,15,16). The van der Waals surface area contributed by atoms with Crippen LogP contribution < -0.4 is 10.6 Å². The Hall–Kier alpha value is -1.09. The van der Waals surface area contributed by atoms with Crippen molar-refractivity contribution < 1.29 is 0 Å². The molecule has 2 N–H and O–H groups in total. The Morgan fingerprint density at radius 2 is 2.00 bits per heavy atom. The van der Waals surface area contributed by atoms with Crippen molar-refractivity contribution in [1.82, 2.24) is 5.32 Å². The summed E-state index contributed by atoms with van der Waals surface area (Å²) in [6.07, 6.45) is 4.07. The highest BCUT2D eigenvalue weighted by molar-refractivity contribution is 7.80. The van der Waals surface area contributed by atoms with Gasteiger partial charge in [-0.3, -0.25) is 0 Å². The second-order valence-corrected chi connectivity index (χ2v) is 4.91. The summed E-state index contributed by atoms with van der Waals surface area (Å²) >= 11 is 5.24. The van der Waals surface area contributed by atoms with Crippen molar-refractivity contribution in [2.75, 3.05) is 11.9 Å². The monoisotopic (exact) mass is 234 g/mol. The largest absolute Gasteiger partial charge is 0.362 e. The summed E-state index contributed by atoms with van der Waals surface area (Å²) in [5, 5.41) is 7.19. The first kappa shape index (κ1) is 11.4. The summed E-state index contributed by atoms with van der Waals surface area (Å²) in [4.78, 5) is 0. The first-order chi connectivity index (χ1) is 7.74. The third-order valence-corrected chi connectivity index (χ3v) is 3.33. The lowest BCUT2D eigenvalue weighted by atomic mass is 9.85. The Bertz CT molecular complexity index is 355. The predicted molar refractivity (Wildman–Crippen MR) is 72.7 cm³/mol. The van der Waals surface area contributed by atoms with Crippen LogP contribution in [0.5, 0.6) is 0 Å². The molecule has 0 aliphatic heterocycles. The molecule has 1 aliphatic rings. The molecule has 0 amide bonds. The SMILES string of the molecule is Cc1ccc(NC(=S)NCC2CCC2)cc1. The molecule has 1 aromatic carbocycles.